The van der Waals surface area contributed by atoms with E-state index in [9.17, 15) is 9.59 Å². The van der Waals surface area contributed by atoms with Crippen LogP contribution in [0.2, 0.25) is 0 Å². The summed E-state index contributed by atoms with van der Waals surface area (Å²) in [5.41, 5.74) is 3.60. The van der Waals surface area contributed by atoms with Crippen LogP contribution in [0.4, 0.5) is 5.69 Å². The molecule has 1 amide bonds. The van der Waals surface area contributed by atoms with Crippen LogP contribution in [0.25, 0.3) is 16.5 Å². The average Bonchev–Trinajstić information content (AvgIpc) is 3.20. The van der Waals surface area contributed by atoms with Crippen molar-refractivity contribution in [3.8, 4) is 5.75 Å². The van der Waals surface area contributed by atoms with Crippen molar-refractivity contribution in [1.82, 2.24) is 4.57 Å². The maximum Gasteiger partial charge on any atom is 0.303 e. The van der Waals surface area contributed by atoms with Crippen molar-refractivity contribution in [2.75, 3.05) is 11.9 Å². The lowest BCUT2D eigenvalue weighted by Gasteiger charge is -2.13. The Kier molecular flexibility index (Phi) is 7.71. The Hall–Kier alpha value is -3.54. The first-order valence-corrected chi connectivity index (χ1v) is 10.9. The van der Waals surface area contributed by atoms with E-state index in [2.05, 4.69) is 48.1 Å². The molecule has 2 aromatic carbocycles. The van der Waals surface area contributed by atoms with Gasteiger partial charge in [-0.3, -0.25) is 9.59 Å². The zero-order valence-electron chi connectivity index (χ0n) is 18.8. The van der Waals surface area contributed by atoms with Crippen LogP contribution >= 0.6 is 0 Å². The summed E-state index contributed by atoms with van der Waals surface area (Å²) in [4.78, 5) is 23.3. The lowest BCUT2D eigenvalue weighted by Crippen LogP contribution is -2.11. The molecule has 3 rings (SSSR count). The van der Waals surface area contributed by atoms with Gasteiger partial charge in [-0.25, -0.2) is 0 Å². The van der Waals surface area contributed by atoms with Crippen molar-refractivity contribution in [2.45, 2.75) is 46.1 Å². The molecule has 0 bridgehead atoms. The Bertz CT molecular complexity index is 1130. The SMILES string of the molecule is CCC(C)n1ccc2cc(/C(C)=C/C(=O)Nc3ccccc3OCCCC(=O)O)ccc21. The Morgan fingerprint density at radius 1 is 1.19 bits per heavy atom. The first-order valence-electron chi connectivity index (χ1n) is 10.9. The number of ether oxygens (including phenoxy) is 1. The molecule has 0 aliphatic heterocycles. The normalized spacial score (nSPS) is 12.5. The van der Waals surface area contributed by atoms with Gasteiger partial charge >= 0.3 is 5.97 Å². The highest BCUT2D eigenvalue weighted by Crippen LogP contribution is 2.27. The van der Waals surface area contributed by atoms with Crippen molar-refractivity contribution in [3.63, 3.8) is 0 Å². The minimum atomic E-state index is -0.856. The molecular formula is C26H30N2O4. The smallest absolute Gasteiger partial charge is 0.303 e. The summed E-state index contributed by atoms with van der Waals surface area (Å²) in [6.07, 6.45) is 5.20. The highest BCUT2D eigenvalue weighted by atomic mass is 16.5. The predicted octanol–water partition coefficient (Wildman–Crippen LogP) is 5.90. The van der Waals surface area contributed by atoms with Crippen LogP contribution < -0.4 is 10.1 Å². The van der Waals surface area contributed by atoms with Crippen molar-refractivity contribution in [1.29, 1.82) is 0 Å². The van der Waals surface area contributed by atoms with Gasteiger partial charge in [0.05, 0.1) is 12.3 Å². The molecule has 2 N–H and O–H groups in total. The van der Waals surface area contributed by atoms with Crippen LogP contribution in [0, 0.1) is 0 Å². The minimum Gasteiger partial charge on any atom is -0.491 e. The van der Waals surface area contributed by atoms with Crippen LogP contribution in [-0.2, 0) is 9.59 Å². The van der Waals surface area contributed by atoms with Gasteiger partial charge in [-0.1, -0.05) is 25.1 Å². The molecule has 1 aromatic heterocycles. The zero-order chi connectivity index (χ0) is 23.1. The third-order valence-electron chi connectivity index (χ3n) is 5.53. The van der Waals surface area contributed by atoms with Gasteiger partial charge in [-0.15, -0.1) is 0 Å². The molecule has 0 aliphatic carbocycles. The van der Waals surface area contributed by atoms with Gasteiger partial charge < -0.3 is 19.7 Å². The second-order valence-corrected chi connectivity index (χ2v) is 7.91. The third kappa shape index (κ3) is 5.78. The number of carbonyl (C=O) groups excluding carboxylic acids is 1. The molecular weight excluding hydrogens is 404 g/mol. The van der Waals surface area contributed by atoms with Crippen LogP contribution in [0.5, 0.6) is 5.75 Å². The summed E-state index contributed by atoms with van der Waals surface area (Å²) in [6, 6.07) is 15.9. The van der Waals surface area contributed by atoms with Gasteiger partial charge in [0.25, 0.3) is 0 Å². The van der Waals surface area contributed by atoms with Crippen LogP contribution in [0.1, 0.15) is 51.6 Å². The van der Waals surface area contributed by atoms with Gasteiger partial charge in [-0.2, -0.15) is 0 Å². The lowest BCUT2D eigenvalue weighted by atomic mass is 10.0. The number of anilines is 1. The standard InChI is InChI=1S/C26H30N2O4/c1-4-19(3)28-14-13-21-17-20(11-12-23(21)28)18(2)16-25(29)27-22-8-5-6-9-24(22)32-15-7-10-26(30)31/h5-6,8-9,11-14,16-17,19H,4,7,10,15H2,1-3H3,(H,27,29)(H,30,31)/b18-16+. The molecule has 32 heavy (non-hydrogen) atoms. The molecule has 0 radical (unpaired) electrons. The monoisotopic (exact) mass is 434 g/mol. The van der Waals surface area contributed by atoms with E-state index in [1.165, 1.54) is 5.52 Å². The summed E-state index contributed by atoms with van der Waals surface area (Å²) in [5.74, 6) is -0.586. The first kappa shape index (κ1) is 23.1. The number of aromatic nitrogens is 1. The van der Waals surface area contributed by atoms with E-state index in [4.69, 9.17) is 9.84 Å². The van der Waals surface area contributed by atoms with Crippen LogP contribution in [-0.4, -0.2) is 28.2 Å². The fourth-order valence-electron chi connectivity index (χ4n) is 3.54. The number of hydrogen-bond donors (Lipinski definition) is 2. The van der Waals surface area contributed by atoms with Gasteiger partial charge in [0.1, 0.15) is 5.75 Å². The van der Waals surface area contributed by atoms with E-state index < -0.39 is 5.97 Å². The number of carboxylic acids is 1. The van der Waals surface area contributed by atoms with Crippen molar-refractivity contribution in [3.05, 3.63) is 66.4 Å². The average molecular weight is 435 g/mol. The summed E-state index contributed by atoms with van der Waals surface area (Å²) < 4.78 is 7.93. The quantitative estimate of drug-likeness (QED) is 0.308. The van der Waals surface area contributed by atoms with E-state index in [0.717, 1.165) is 22.9 Å². The number of hydrogen-bond acceptors (Lipinski definition) is 3. The topological polar surface area (TPSA) is 80.6 Å². The second-order valence-electron chi connectivity index (χ2n) is 7.91. The highest BCUT2D eigenvalue weighted by Gasteiger charge is 2.10. The largest absolute Gasteiger partial charge is 0.491 e. The third-order valence-corrected chi connectivity index (χ3v) is 5.53. The van der Waals surface area contributed by atoms with Gasteiger partial charge in [0, 0.05) is 35.6 Å². The molecule has 0 aliphatic rings. The molecule has 0 spiro atoms. The maximum atomic E-state index is 12.6. The van der Waals surface area contributed by atoms with Crippen molar-refractivity contribution in [2.24, 2.45) is 0 Å². The Balaban J connectivity index is 1.70. The molecule has 0 saturated carbocycles. The van der Waals surface area contributed by atoms with Crippen molar-refractivity contribution < 1.29 is 19.4 Å². The number of fused-ring (bicyclic) bond motifs is 1. The Morgan fingerprint density at radius 3 is 2.72 bits per heavy atom. The number of para-hydroxylation sites is 2. The molecule has 1 atom stereocenters. The van der Waals surface area contributed by atoms with E-state index in [-0.39, 0.29) is 18.9 Å². The number of aliphatic carboxylic acids is 1. The van der Waals surface area contributed by atoms with Crippen LogP contribution in [0.3, 0.4) is 0 Å². The number of carbonyl (C=O) groups is 2. The van der Waals surface area contributed by atoms with Gasteiger partial charge in [-0.05, 0) is 68.2 Å². The molecule has 0 saturated heterocycles. The minimum absolute atomic E-state index is 0.0432. The number of nitrogens with one attached hydrogen (secondary N) is 1. The Labute approximate surface area is 188 Å². The van der Waals surface area contributed by atoms with E-state index in [1.54, 1.807) is 18.2 Å². The molecule has 6 heteroatoms. The Morgan fingerprint density at radius 2 is 1.97 bits per heavy atom. The van der Waals surface area contributed by atoms with Gasteiger partial charge in [0.2, 0.25) is 5.91 Å². The maximum absolute atomic E-state index is 12.6. The number of rotatable bonds is 10. The first-order chi connectivity index (χ1) is 15.4. The molecule has 6 nitrogen and oxygen atoms in total. The number of amides is 1. The summed E-state index contributed by atoms with van der Waals surface area (Å²) >= 11 is 0. The fraction of sp³-hybridized carbons (Fsp3) is 0.308. The van der Waals surface area contributed by atoms with E-state index in [1.807, 2.05) is 25.1 Å². The van der Waals surface area contributed by atoms with Gasteiger partial charge in [0.15, 0.2) is 0 Å². The summed E-state index contributed by atoms with van der Waals surface area (Å²) in [7, 11) is 0. The molecule has 3 aromatic rings. The van der Waals surface area contributed by atoms with Crippen molar-refractivity contribution >= 4 is 34.0 Å². The lowest BCUT2D eigenvalue weighted by molar-refractivity contribution is -0.137. The number of nitrogens with zero attached hydrogens (tertiary/aromatic N) is 1. The molecule has 1 unspecified atom stereocenters. The second kappa shape index (κ2) is 10.7. The number of benzene rings is 2. The van der Waals surface area contributed by atoms with E-state index >= 15 is 0 Å². The zero-order valence-corrected chi connectivity index (χ0v) is 18.8. The van der Waals surface area contributed by atoms with Crippen LogP contribution in [0.15, 0.2) is 60.8 Å². The van der Waals surface area contributed by atoms with E-state index in [0.29, 0.717) is 23.9 Å². The highest BCUT2D eigenvalue weighted by molar-refractivity contribution is 6.04. The summed E-state index contributed by atoms with van der Waals surface area (Å²) in [6.45, 7) is 6.57. The molecule has 0 fully saturated rings. The molecule has 1 heterocycles. The number of allylic oxidation sites excluding steroid dienone is 1. The molecule has 168 valence electrons. The summed E-state index contributed by atoms with van der Waals surface area (Å²) in [5, 5.41) is 12.8. The predicted molar refractivity (Wildman–Crippen MR) is 128 cm³/mol. The fourth-order valence-corrected chi connectivity index (χ4v) is 3.54. The number of carboxylic acid groups (broad SMARTS) is 1.